The van der Waals surface area contributed by atoms with Crippen LogP contribution in [0.25, 0.3) is 0 Å². The molecule has 0 aliphatic rings. The first-order valence-corrected chi connectivity index (χ1v) is 10.3. The first-order chi connectivity index (χ1) is 14.6. The van der Waals surface area contributed by atoms with Gasteiger partial charge in [0, 0.05) is 22.2 Å². The largest absolute Gasteiger partial charge is 0.359 e. The molecule has 0 saturated carbocycles. The second-order valence-electron chi connectivity index (χ2n) is 6.81. The van der Waals surface area contributed by atoms with Gasteiger partial charge in [-0.3, -0.25) is 4.79 Å². The van der Waals surface area contributed by atoms with E-state index >= 15 is 0 Å². The molecule has 2 aromatic heterocycles. The predicted octanol–water partition coefficient (Wildman–Crippen LogP) is 6.04. The molecule has 4 nitrogen and oxygen atoms in total. The molecule has 0 saturated heterocycles. The zero-order valence-corrected chi connectivity index (χ0v) is 17.1. The number of aromatic nitrogens is 1. The minimum atomic E-state index is -0.383. The van der Waals surface area contributed by atoms with Gasteiger partial charge in [0.05, 0.1) is 6.04 Å². The molecular weight excluding hydrogens is 397 g/mol. The summed E-state index contributed by atoms with van der Waals surface area (Å²) in [6.45, 7) is 1.98. The highest BCUT2D eigenvalue weighted by molar-refractivity contribution is 7.16. The summed E-state index contributed by atoms with van der Waals surface area (Å²) in [5.41, 5.74) is 2.18. The third-order valence-electron chi connectivity index (χ3n) is 4.60. The summed E-state index contributed by atoms with van der Waals surface area (Å²) < 4.78 is 14.0. The predicted molar refractivity (Wildman–Crippen MR) is 120 cm³/mol. The Balaban J connectivity index is 1.72. The average Bonchev–Trinajstić information content (AvgIpc) is 3.13. The Morgan fingerprint density at radius 3 is 2.53 bits per heavy atom. The van der Waals surface area contributed by atoms with Crippen LogP contribution in [-0.4, -0.2) is 10.9 Å². The molecule has 0 unspecified atom stereocenters. The van der Waals surface area contributed by atoms with E-state index in [0.717, 1.165) is 21.0 Å². The fourth-order valence-corrected chi connectivity index (χ4v) is 4.18. The Morgan fingerprint density at radius 2 is 1.80 bits per heavy atom. The lowest BCUT2D eigenvalue weighted by Gasteiger charge is -2.21. The van der Waals surface area contributed by atoms with Crippen molar-refractivity contribution in [1.29, 1.82) is 0 Å². The van der Waals surface area contributed by atoms with E-state index in [1.54, 1.807) is 24.4 Å². The summed E-state index contributed by atoms with van der Waals surface area (Å²) in [5.74, 6) is 0.160. The maximum absolute atomic E-state index is 14.0. The molecule has 2 aromatic carbocycles. The third kappa shape index (κ3) is 4.55. The Kier molecular flexibility index (Phi) is 5.86. The van der Waals surface area contributed by atoms with E-state index in [-0.39, 0.29) is 17.8 Å². The maximum Gasteiger partial charge on any atom is 0.256 e. The van der Waals surface area contributed by atoms with Crippen LogP contribution in [0.15, 0.2) is 85.1 Å². The van der Waals surface area contributed by atoms with Gasteiger partial charge in [-0.1, -0.05) is 36.4 Å². The topological polar surface area (TPSA) is 54.0 Å². The normalized spacial score (nSPS) is 11.7. The van der Waals surface area contributed by atoms with Crippen LogP contribution in [0.2, 0.25) is 0 Å². The minimum Gasteiger partial charge on any atom is -0.359 e. The first-order valence-electron chi connectivity index (χ1n) is 9.50. The van der Waals surface area contributed by atoms with Crippen molar-refractivity contribution in [3.05, 3.63) is 112 Å². The summed E-state index contributed by atoms with van der Waals surface area (Å²) in [4.78, 5) is 18.1. The molecule has 30 heavy (non-hydrogen) atoms. The fourth-order valence-electron chi connectivity index (χ4n) is 3.23. The molecule has 6 heteroatoms. The number of benzene rings is 2. The Bertz CT molecular complexity index is 1150. The van der Waals surface area contributed by atoms with Crippen LogP contribution in [0.1, 0.15) is 32.4 Å². The maximum atomic E-state index is 14.0. The van der Waals surface area contributed by atoms with E-state index in [9.17, 15) is 9.18 Å². The summed E-state index contributed by atoms with van der Waals surface area (Å²) in [6, 6.07) is 22.7. The van der Waals surface area contributed by atoms with Gasteiger partial charge in [-0.05, 0) is 55.0 Å². The second-order valence-corrected chi connectivity index (χ2v) is 8.07. The highest BCUT2D eigenvalue weighted by atomic mass is 32.1. The van der Waals surface area contributed by atoms with Crippen LogP contribution in [0.5, 0.6) is 0 Å². The molecule has 4 rings (SSSR count). The number of pyridine rings is 1. The molecule has 0 aliphatic carbocycles. The van der Waals surface area contributed by atoms with E-state index in [0.29, 0.717) is 11.4 Å². The van der Waals surface area contributed by atoms with Crippen LogP contribution >= 0.6 is 11.3 Å². The molecule has 2 N–H and O–H groups in total. The van der Waals surface area contributed by atoms with Gasteiger partial charge in [0.15, 0.2) is 0 Å². The van der Waals surface area contributed by atoms with Gasteiger partial charge in [-0.15, -0.1) is 11.3 Å². The molecule has 0 bridgehead atoms. The Hall–Kier alpha value is -3.51. The van der Waals surface area contributed by atoms with Crippen molar-refractivity contribution >= 4 is 28.1 Å². The van der Waals surface area contributed by atoms with Crippen molar-refractivity contribution in [2.45, 2.75) is 13.0 Å². The number of nitrogens with zero attached hydrogens (tertiary/aromatic N) is 1. The Morgan fingerprint density at radius 1 is 1.00 bits per heavy atom. The van der Waals surface area contributed by atoms with E-state index < -0.39 is 0 Å². The summed E-state index contributed by atoms with van der Waals surface area (Å²) in [7, 11) is 0. The zero-order valence-electron chi connectivity index (χ0n) is 16.3. The Labute approximate surface area is 178 Å². The van der Waals surface area contributed by atoms with E-state index in [2.05, 4.69) is 15.6 Å². The highest BCUT2D eigenvalue weighted by Crippen LogP contribution is 2.37. The van der Waals surface area contributed by atoms with Crippen molar-refractivity contribution in [2.75, 3.05) is 10.6 Å². The van der Waals surface area contributed by atoms with Crippen LogP contribution in [0.4, 0.5) is 15.2 Å². The average molecular weight is 418 g/mol. The molecule has 0 fully saturated rings. The number of amides is 1. The molecule has 4 aromatic rings. The fraction of sp³-hybridized carbons (Fsp3) is 0.0833. The molecule has 150 valence electrons. The number of rotatable bonds is 6. The van der Waals surface area contributed by atoms with Gasteiger partial charge in [-0.2, -0.15) is 0 Å². The third-order valence-corrected chi connectivity index (χ3v) is 5.58. The smallest absolute Gasteiger partial charge is 0.256 e. The number of nitrogens with one attached hydrogen (secondary N) is 2. The van der Waals surface area contributed by atoms with E-state index in [1.165, 1.54) is 23.5 Å². The van der Waals surface area contributed by atoms with Crippen LogP contribution in [0.3, 0.4) is 0 Å². The summed E-state index contributed by atoms with van der Waals surface area (Å²) in [5, 5.41) is 7.13. The zero-order chi connectivity index (χ0) is 20.9. The molecule has 0 radical (unpaired) electrons. The van der Waals surface area contributed by atoms with Crippen molar-refractivity contribution in [3.63, 3.8) is 0 Å². The van der Waals surface area contributed by atoms with Crippen molar-refractivity contribution in [3.8, 4) is 0 Å². The second kappa shape index (κ2) is 8.88. The number of halogens is 1. The number of carbonyl (C=O) groups excluding carboxylic acids is 1. The van der Waals surface area contributed by atoms with Crippen molar-refractivity contribution in [2.24, 2.45) is 0 Å². The van der Waals surface area contributed by atoms with Gasteiger partial charge in [0.2, 0.25) is 0 Å². The van der Waals surface area contributed by atoms with Crippen LogP contribution in [-0.2, 0) is 0 Å². The summed E-state index contributed by atoms with van der Waals surface area (Å²) >= 11 is 1.49. The number of aryl methyl sites for hydroxylation is 1. The number of anilines is 2. The molecule has 0 aliphatic heterocycles. The molecule has 1 amide bonds. The van der Waals surface area contributed by atoms with Gasteiger partial charge in [0.25, 0.3) is 5.91 Å². The lowest BCUT2D eigenvalue weighted by atomic mass is 9.99. The number of thiophene rings is 1. The first kappa shape index (κ1) is 19.8. The number of hydrogen-bond acceptors (Lipinski definition) is 4. The van der Waals surface area contributed by atoms with Gasteiger partial charge in [0.1, 0.15) is 16.6 Å². The van der Waals surface area contributed by atoms with E-state index in [4.69, 9.17) is 0 Å². The van der Waals surface area contributed by atoms with Crippen LogP contribution in [0, 0.1) is 12.7 Å². The van der Waals surface area contributed by atoms with Crippen LogP contribution < -0.4 is 10.6 Å². The van der Waals surface area contributed by atoms with Gasteiger partial charge >= 0.3 is 0 Å². The monoisotopic (exact) mass is 417 g/mol. The lowest BCUT2D eigenvalue weighted by molar-refractivity contribution is 0.102. The summed E-state index contributed by atoms with van der Waals surface area (Å²) in [6.07, 6.45) is 1.70. The molecular formula is C24H20FN3OS. The molecule has 0 spiro atoms. The number of carbonyl (C=O) groups is 1. The van der Waals surface area contributed by atoms with Gasteiger partial charge < -0.3 is 10.6 Å². The van der Waals surface area contributed by atoms with E-state index in [1.807, 2.05) is 55.5 Å². The van der Waals surface area contributed by atoms with Gasteiger partial charge in [-0.25, -0.2) is 9.37 Å². The minimum absolute atomic E-state index is 0.186. The number of hydrogen-bond donors (Lipinski definition) is 2. The standard InChI is InChI=1S/C24H20FN3OS/c1-16-14-20(24(30-16)28-23(29)17-8-3-2-4-9-17)22(18-10-7-11-19(25)15-18)27-21-12-5-6-13-26-21/h2-15,22H,1H3,(H,26,27)(H,28,29)/t22-/m0/s1. The quantitative estimate of drug-likeness (QED) is 0.402. The lowest BCUT2D eigenvalue weighted by Crippen LogP contribution is -2.17. The SMILES string of the molecule is Cc1cc([C@@H](Nc2ccccn2)c2cccc(F)c2)c(NC(=O)c2ccccc2)s1. The highest BCUT2D eigenvalue weighted by Gasteiger charge is 2.22. The van der Waals surface area contributed by atoms with Crippen molar-refractivity contribution < 1.29 is 9.18 Å². The van der Waals surface area contributed by atoms with Crippen molar-refractivity contribution in [1.82, 2.24) is 4.98 Å². The molecule has 1 atom stereocenters. The molecule has 2 heterocycles.